The Labute approximate surface area is 119 Å². The van der Waals surface area contributed by atoms with Crippen molar-refractivity contribution in [1.82, 2.24) is 4.72 Å². The topological polar surface area (TPSA) is 90.7 Å². The van der Waals surface area contributed by atoms with E-state index in [4.69, 9.17) is 15.2 Å². The molecule has 0 radical (unpaired) electrons. The number of benzene rings is 1. The molecule has 0 amide bonds. The van der Waals surface area contributed by atoms with Gasteiger partial charge in [0.2, 0.25) is 10.0 Å². The Kier molecular flexibility index (Phi) is 4.52. The van der Waals surface area contributed by atoms with E-state index in [1.807, 2.05) is 6.92 Å². The van der Waals surface area contributed by atoms with E-state index in [9.17, 15) is 8.42 Å². The molecule has 0 saturated carbocycles. The van der Waals surface area contributed by atoms with Gasteiger partial charge in [0.05, 0.1) is 13.7 Å². The van der Waals surface area contributed by atoms with Crippen LogP contribution in [0.5, 0.6) is 5.75 Å². The van der Waals surface area contributed by atoms with E-state index in [0.717, 1.165) is 6.42 Å². The fourth-order valence-electron chi connectivity index (χ4n) is 2.26. The summed E-state index contributed by atoms with van der Waals surface area (Å²) in [6.45, 7) is 3.12. The molecule has 2 rings (SSSR count). The molecule has 0 aromatic heterocycles. The molecule has 6 nitrogen and oxygen atoms in total. The smallest absolute Gasteiger partial charge is 0.244 e. The van der Waals surface area contributed by atoms with Gasteiger partial charge in [-0.3, -0.25) is 0 Å². The van der Waals surface area contributed by atoms with Crippen LogP contribution in [0.2, 0.25) is 0 Å². The highest BCUT2D eigenvalue weighted by molar-refractivity contribution is 7.89. The Hall–Kier alpha value is -1.31. The van der Waals surface area contributed by atoms with Crippen LogP contribution in [0.4, 0.5) is 5.69 Å². The minimum absolute atomic E-state index is 0.0972. The zero-order chi connectivity index (χ0) is 14.8. The minimum Gasteiger partial charge on any atom is -0.495 e. The Bertz CT molecular complexity index is 568. The molecule has 1 aromatic rings. The summed E-state index contributed by atoms with van der Waals surface area (Å²) >= 11 is 0. The molecular formula is C13H20N2O4S. The van der Waals surface area contributed by atoms with E-state index in [2.05, 4.69) is 4.72 Å². The molecule has 1 aromatic carbocycles. The van der Waals surface area contributed by atoms with Crippen molar-refractivity contribution >= 4 is 15.7 Å². The summed E-state index contributed by atoms with van der Waals surface area (Å²) in [6, 6.07) is 4.30. The van der Waals surface area contributed by atoms with Crippen molar-refractivity contribution in [2.24, 2.45) is 5.92 Å². The van der Waals surface area contributed by atoms with Gasteiger partial charge in [0.15, 0.2) is 0 Å². The van der Waals surface area contributed by atoms with Gasteiger partial charge in [-0.05, 0) is 25.5 Å². The Balaban J connectivity index is 2.21. The summed E-state index contributed by atoms with van der Waals surface area (Å²) in [5, 5.41) is 0. The highest BCUT2D eigenvalue weighted by Gasteiger charge is 2.28. The Morgan fingerprint density at radius 1 is 1.50 bits per heavy atom. The Morgan fingerprint density at radius 3 is 2.85 bits per heavy atom. The minimum atomic E-state index is -3.64. The average molecular weight is 300 g/mol. The molecule has 1 saturated heterocycles. The van der Waals surface area contributed by atoms with Gasteiger partial charge >= 0.3 is 0 Å². The van der Waals surface area contributed by atoms with Crippen LogP contribution in [0, 0.1) is 5.92 Å². The van der Waals surface area contributed by atoms with Gasteiger partial charge in [-0.2, -0.15) is 0 Å². The molecular weight excluding hydrogens is 280 g/mol. The van der Waals surface area contributed by atoms with Crippen LogP contribution < -0.4 is 15.2 Å². The lowest BCUT2D eigenvalue weighted by Crippen LogP contribution is -2.38. The molecule has 0 aliphatic carbocycles. The summed E-state index contributed by atoms with van der Waals surface area (Å²) in [5.74, 6) is 0.442. The third-order valence-corrected chi connectivity index (χ3v) is 5.09. The first kappa shape index (κ1) is 15.1. The third kappa shape index (κ3) is 3.23. The highest BCUT2D eigenvalue weighted by atomic mass is 32.2. The van der Waals surface area contributed by atoms with Gasteiger partial charge in [0.1, 0.15) is 10.6 Å². The zero-order valence-electron chi connectivity index (χ0n) is 11.6. The van der Waals surface area contributed by atoms with Crippen LogP contribution >= 0.6 is 0 Å². The standard InChI is InChI=1S/C13H20N2O4S/c1-9(10-5-6-19-8-10)15-20(16,17)13-4-3-11(14)7-12(13)18-2/h3-4,7,9-10,15H,5-6,8,14H2,1-2H3. The molecule has 1 heterocycles. The van der Waals surface area contributed by atoms with Crippen LogP contribution in [0.3, 0.4) is 0 Å². The Morgan fingerprint density at radius 2 is 2.25 bits per heavy atom. The molecule has 0 spiro atoms. The van der Waals surface area contributed by atoms with Crippen LogP contribution in [-0.2, 0) is 14.8 Å². The van der Waals surface area contributed by atoms with Gasteiger partial charge in [-0.1, -0.05) is 0 Å². The van der Waals surface area contributed by atoms with Gasteiger partial charge in [-0.15, -0.1) is 0 Å². The molecule has 2 unspecified atom stereocenters. The summed E-state index contributed by atoms with van der Waals surface area (Å²) in [4.78, 5) is 0.0972. The molecule has 20 heavy (non-hydrogen) atoms. The van der Waals surface area contributed by atoms with Gasteiger partial charge in [0.25, 0.3) is 0 Å². The SMILES string of the molecule is COc1cc(N)ccc1S(=O)(=O)NC(C)C1CCOC1. The largest absolute Gasteiger partial charge is 0.495 e. The summed E-state index contributed by atoms with van der Waals surface area (Å²) in [6.07, 6.45) is 0.864. The molecule has 0 bridgehead atoms. The predicted molar refractivity (Wildman–Crippen MR) is 76.1 cm³/mol. The molecule has 1 fully saturated rings. The molecule has 1 aliphatic heterocycles. The number of nitrogens with two attached hydrogens (primary N) is 1. The van der Waals surface area contributed by atoms with Crippen molar-refractivity contribution in [2.75, 3.05) is 26.1 Å². The van der Waals surface area contributed by atoms with Crippen LogP contribution in [0.1, 0.15) is 13.3 Å². The lowest BCUT2D eigenvalue weighted by molar-refractivity contribution is 0.180. The highest BCUT2D eigenvalue weighted by Crippen LogP contribution is 2.27. The number of nitrogen functional groups attached to an aromatic ring is 1. The van der Waals surface area contributed by atoms with Crippen molar-refractivity contribution in [1.29, 1.82) is 0 Å². The van der Waals surface area contributed by atoms with Crippen LogP contribution in [-0.4, -0.2) is 34.8 Å². The summed E-state index contributed by atoms with van der Waals surface area (Å²) < 4.78 is 37.9. The first-order valence-electron chi connectivity index (χ1n) is 6.47. The van der Waals surface area contributed by atoms with E-state index in [1.54, 1.807) is 6.07 Å². The molecule has 3 N–H and O–H groups in total. The monoisotopic (exact) mass is 300 g/mol. The first-order valence-corrected chi connectivity index (χ1v) is 7.96. The van der Waals surface area contributed by atoms with Gasteiger partial charge in [0, 0.05) is 30.3 Å². The van der Waals surface area contributed by atoms with E-state index < -0.39 is 10.0 Å². The molecule has 7 heteroatoms. The van der Waals surface area contributed by atoms with Crippen LogP contribution in [0.25, 0.3) is 0 Å². The number of nitrogens with one attached hydrogen (secondary N) is 1. The van der Waals surface area contributed by atoms with Crippen molar-refractivity contribution in [3.8, 4) is 5.75 Å². The van der Waals surface area contributed by atoms with E-state index >= 15 is 0 Å². The number of hydrogen-bond donors (Lipinski definition) is 2. The maximum absolute atomic E-state index is 12.4. The number of methoxy groups -OCH3 is 1. The predicted octanol–water partition coefficient (Wildman–Crippen LogP) is 0.981. The second-order valence-electron chi connectivity index (χ2n) is 4.94. The average Bonchev–Trinajstić information content (AvgIpc) is 2.91. The lowest BCUT2D eigenvalue weighted by atomic mass is 10.0. The summed E-state index contributed by atoms with van der Waals surface area (Å²) in [7, 11) is -2.22. The van der Waals surface area contributed by atoms with E-state index in [-0.39, 0.29) is 22.6 Å². The van der Waals surface area contributed by atoms with Gasteiger partial charge in [-0.25, -0.2) is 13.1 Å². The number of anilines is 1. The third-order valence-electron chi connectivity index (χ3n) is 3.49. The van der Waals surface area contributed by atoms with E-state index in [0.29, 0.717) is 18.9 Å². The second-order valence-corrected chi connectivity index (χ2v) is 6.63. The van der Waals surface area contributed by atoms with Crippen molar-refractivity contribution in [3.63, 3.8) is 0 Å². The zero-order valence-corrected chi connectivity index (χ0v) is 12.4. The second kappa shape index (κ2) is 5.99. The van der Waals surface area contributed by atoms with Crippen molar-refractivity contribution in [2.45, 2.75) is 24.3 Å². The molecule has 2 atom stereocenters. The van der Waals surface area contributed by atoms with Crippen molar-refractivity contribution < 1.29 is 17.9 Å². The van der Waals surface area contributed by atoms with Gasteiger partial charge < -0.3 is 15.2 Å². The van der Waals surface area contributed by atoms with Crippen LogP contribution in [0.15, 0.2) is 23.1 Å². The number of ether oxygens (including phenoxy) is 2. The number of rotatable bonds is 5. The lowest BCUT2D eigenvalue weighted by Gasteiger charge is -2.20. The maximum Gasteiger partial charge on any atom is 0.244 e. The maximum atomic E-state index is 12.4. The first-order chi connectivity index (χ1) is 9.44. The number of hydrogen-bond acceptors (Lipinski definition) is 5. The molecule has 1 aliphatic rings. The summed E-state index contributed by atoms with van der Waals surface area (Å²) in [5.41, 5.74) is 6.09. The quantitative estimate of drug-likeness (QED) is 0.791. The normalized spacial score (nSPS) is 20.8. The fourth-order valence-corrected chi connectivity index (χ4v) is 3.72. The fraction of sp³-hybridized carbons (Fsp3) is 0.538. The van der Waals surface area contributed by atoms with E-state index in [1.165, 1.54) is 19.2 Å². The van der Waals surface area contributed by atoms with Crippen molar-refractivity contribution in [3.05, 3.63) is 18.2 Å². The number of sulfonamides is 1. The molecule has 112 valence electrons.